The van der Waals surface area contributed by atoms with Crippen molar-refractivity contribution in [3.63, 3.8) is 0 Å². The Bertz CT molecular complexity index is 1240. The molecule has 0 saturated carbocycles. The van der Waals surface area contributed by atoms with Crippen LogP contribution in [-0.4, -0.2) is 19.4 Å². The van der Waals surface area contributed by atoms with E-state index >= 15 is 0 Å². The number of carbonyl (C=O) groups is 1. The lowest BCUT2D eigenvalue weighted by Crippen LogP contribution is -2.34. The summed E-state index contributed by atoms with van der Waals surface area (Å²) in [6.45, 7) is 3.69. The maximum Gasteiger partial charge on any atom is 0.261 e. The van der Waals surface area contributed by atoms with Crippen molar-refractivity contribution in [1.29, 1.82) is 0 Å². The fourth-order valence-electron chi connectivity index (χ4n) is 2.93. The van der Waals surface area contributed by atoms with E-state index in [0.29, 0.717) is 22.7 Å². The Morgan fingerprint density at radius 3 is 2.22 bits per heavy atom. The van der Waals surface area contributed by atoms with Crippen LogP contribution in [0, 0.1) is 13.8 Å². The molecule has 0 aliphatic rings. The Hall–Kier alpha value is -3.00. The van der Waals surface area contributed by atoms with Crippen molar-refractivity contribution in [2.24, 2.45) is 0 Å². The summed E-state index contributed by atoms with van der Waals surface area (Å²) in [4.78, 5) is 12.4. The average molecular weight is 488 g/mol. The molecule has 0 spiro atoms. The quantitative estimate of drug-likeness (QED) is 0.352. The highest BCUT2D eigenvalue weighted by Crippen LogP contribution is 2.24. The van der Waals surface area contributed by atoms with Crippen molar-refractivity contribution in [3.8, 4) is 5.75 Å². The van der Waals surface area contributed by atoms with Crippen LogP contribution in [0.3, 0.4) is 0 Å². The minimum absolute atomic E-state index is 0.0801. The van der Waals surface area contributed by atoms with E-state index in [2.05, 4.69) is 24.8 Å². The molecule has 0 saturated heterocycles. The van der Waals surface area contributed by atoms with Crippen LogP contribution in [0.25, 0.3) is 0 Å². The molecule has 0 aromatic heterocycles. The molecule has 0 aliphatic carbocycles. The molecular formula is C22H22N3O4PS2. The third-order valence-corrected chi connectivity index (χ3v) is 6.44. The monoisotopic (exact) mass is 487 g/mol. The molecule has 3 rings (SSSR count). The highest BCUT2D eigenvalue weighted by Gasteiger charge is 2.17. The van der Waals surface area contributed by atoms with Gasteiger partial charge in [-0.2, -0.15) is 0 Å². The number of hydrogen-bond donors (Lipinski definition) is 3. The number of hydrogen-bond acceptors (Lipinski definition) is 5. The van der Waals surface area contributed by atoms with Gasteiger partial charge in [0.1, 0.15) is 5.75 Å². The maximum absolute atomic E-state index is 12.8. The van der Waals surface area contributed by atoms with Crippen LogP contribution in [0.2, 0.25) is 0 Å². The number of rotatable bonds is 6. The van der Waals surface area contributed by atoms with Crippen LogP contribution >= 0.6 is 21.7 Å². The Labute approximate surface area is 194 Å². The number of para-hydroxylation sites is 1. The Kier molecular flexibility index (Phi) is 7.45. The van der Waals surface area contributed by atoms with E-state index in [1.54, 1.807) is 36.4 Å². The van der Waals surface area contributed by atoms with Crippen molar-refractivity contribution in [3.05, 3.63) is 83.4 Å². The van der Waals surface area contributed by atoms with E-state index in [1.807, 2.05) is 32.0 Å². The van der Waals surface area contributed by atoms with Gasteiger partial charge in [0, 0.05) is 11.3 Å². The predicted octanol–water partition coefficient (Wildman–Crippen LogP) is 4.40. The molecular weight excluding hydrogens is 465 g/mol. The zero-order valence-electron chi connectivity index (χ0n) is 17.4. The summed E-state index contributed by atoms with van der Waals surface area (Å²) in [5.74, 6) is 0.122. The van der Waals surface area contributed by atoms with Crippen LogP contribution < -0.4 is 19.9 Å². The van der Waals surface area contributed by atoms with Crippen LogP contribution in [0.1, 0.15) is 21.5 Å². The van der Waals surface area contributed by atoms with Crippen LogP contribution in [0.15, 0.2) is 71.6 Å². The molecule has 0 aliphatic heterocycles. The molecule has 1 atom stereocenters. The van der Waals surface area contributed by atoms with E-state index in [9.17, 15) is 13.2 Å². The minimum atomic E-state index is -3.76. The molecule has 3 N–H and O–H groups in total. The second kappa shape index (κ2) is 10.1. The third-order valence-electron chi connectivity index (χ3n) is 4.60. The largest absolute Gasteiger partial charge is 0.480 e. The van der Waals surface area contributed by atoms with Gasteiger partial charge in [-0.25, -0.2) is 8.42 Å². The number of carbonyl (C=O) groups excluding carboxylic acids is 1. The first-order chi connectivity index (χ1) is 15.2. The van der Waals surface area contributed by atoms with E-state index in [1.165, 1.54) is 12.1 Å². The molecule has 166 valence electrons. The molecule has 32 heavy (non-hydrogen) atoms. The van der Waals surface area contributed by atoms with Crippen LogP contribution in [0.4, 0.5) is 11.4 Å². The Morgan fingerprint density at radius 2 is 1.59 bits per heavy atom. The lowest BCUT2D eigenvalue weighted by Gasteiger charge is -2.14. The van der Waals surface area contributed by atoms with Crippen molar-refractivity contribution in [2.75, 3.05) is 10.0 Å². The number of sulfonamides is 1. The van der Waals surface area contributed by atoms with Crippen molar-refractivity contribution in [1.82, 2.24) is 5.32 Å². The van der Waals surface area contributed by atoms with E-state index in [4.69, 9.17) is 16.7 Å². The van der Waals surface area contributed by atoms with Crippen molar-refractivity contribution < 1.29 is 17.7 Å². The maximum atomic E-state index is 12.8. The minimum Gasteiger partial charge on any atom is -0.480 e. The molecule has 0 bridgehead atoms. The smallest absolute Gasteiger partial charge is 0.261 e. The fourth-order valence-corrected chi connectivity index (χ4v) is 4.49. The van der Waals surface area contributed by atoms with Crippen molar-refractivity contribution >= 4 is 54.1 Å². The predicted molar refractivity (Wildman–Crippen MR) is 134 cm³/mol. The Morgan fingerprint density at radius 1 is 0.969 bits per heavy atom. The van der Waals surface area contributed by atoms with Gasteiger partial charge in [-0.15, -0.1) is 0 Å². The van der Waals surface area contributed by atoms with Gasteiger partial charge in [-0.3, -0.25) is 14.8 Å². The first-order valence-electron chi connectivity index (χ1n) is 9.48. The van der Waals surface area contributed by atoms with Crippen LogP contribution in [0.5, 0.6) is 5.75 Å². The van der Waals surface area contributed by atoms with E-state index < -0.39 is 15.9 Å². The lowest BCUT2D eigenvalue weighted by molar-refractivity contribution is 0.0977. The fraction of sp³-hybridized carbons (Fsp3) is 0.0909. The molecule has 3 aromatic carbocycles. The summed E-state index contributed by atoms with van der Waals surface area (Å²) in [6.07, 6.45) is 0. The molecule has 0 heterocycles. The molecule has 1 amide bonds. The zero-order valence-corrected chi connectivity index (χ0v) is 20.2. The molecule has 3 aromatic rings. The summed E-state index contributed by atoms with van der Waals surface area (Å²) >= 11 is 5.19. The third kappa shape index (κ3) is 5.82. The summed E-state index contributed by atoms with van der Waals surface area (Å²) in [5.41, 5.74) is 3.15. The van der Waals surface area contributed by atoms with E-state index in [-0.39, 0.29) is 10.0 Å². The molecule has 10 heteroatoms. The number of amides is 1. The summed E-state index contributed by atoms with van der Waals surface area (Å²) in [7, 11) is -1.64. The number of benzene rings is 3. The van der Waals surface area contributed by atoms with Gasteiger partial charge in [0.05, 0.1) is 20.0 Å². The number of aryl methyl sites for hydroxylation is 2. The number of thiocarbonyl (C=S) groups is 1. The molecule has 0 fully saturated rings. The summed E-state index contributed by atoms with van der Waals surface area (Å²) in [6, 6.07) is 18.2. The molecule has 7 nitrogen and oxygen atoms in total. The van der Waals surface area contributed by atoms with Crippen LogP contribution in [-0.2, 0) is 10.0 Å². The second-order valence-corrected chi connectivity index (χ2v) is 9.28. The Balaban J connectivity index is 1.66. The molecule has 0 radical (unpaired) electrons. The van der Waals surface area contributed by atoms with Gasteiger partial charge < -0.3 is 9.84 Å². The normalized spacial score (nSPS) is 10.8. The van der Waals surface area contributed by atoms with Gasteiger partial charge in [0.15, 0.2) is 5.11 Å². The van der Waals surface area contributed by atoms with Gasteiger partial charge in [0.25, 0.3) is 15.9 Å². The van der Waals surface area contributed by atoms with Gasteiger partial charge >= 0.3 is 0 Å². The number of anilines is 2. The number of nitrogens with one attached hydrogen (secondary N) is 3. The molecule has 1 unspecified atom stereocenters. The SMILES string of the molecule is Cc1cccc(C)c1NS(=O)(=O)c1ccc(NC(=S)NC(=O)c2cccc(OP)c2)cc1. The summed E-state index contributed by atoms with van der Waals surface area (Å²) in [5, 5.41) is 5.52. The first-order valence-corrected chi connectivity index (χ1v) is 11.8. The van der Waals surface area contributed by atoms with E-state index in [0.717, 1.165) is 11.1 Å². The standard InChI is InChI=1S/C22H22N3O4PS2/c1-14-5-3-6-15(2)20(14)25-32(27,28)19-11-9-17(10-12-19)23-22(31)24-21(26)16-7-4-8-18(13-16)29-30/h3-13,25H,30H2,1-2H3,(H2,23,24,26,31). The van der Waals surface area contributed by atoms with Gasteiger partial charge in [-0.05, 0) is 79.7 Å². The average Bonchev–Trinajstić information content (AvgIpc) is 2.76. The highest BCUT2D eigenvalue weighted by molar-refractivity contribution is 7.92. The zero-order chi connectivity index (χ0) is 23.3. The second-order valence-electron chi connectivity index (χ2n) is 6.95. The van der Waals surface area contributed by atoms with Gasteiger partial charge in [0.2, 0.25) is 0 Å². The first kappa shape index (κ1) is 23.7. The lowest BCUT2D eigenvalue weighted by atomic mass is 10.1. The summed E-state index contributed by atoms with van der Waals surface area (Å²) < 4.78 is 33.2. The topological polar surface area (TPSA) is 96.5 Å². The highest BCUT2D eigenvalue weighted by atomic mass is 32.2. The van der Waals surface area contributed by atoms with Gasteiger partial charge in [-0.1, -0.05) is 24.3 Å². The van der Waals surface area contributed by atoms with Crippen molar-refractivity contribution in [2.45, 2.75) is 18.7 Å².